The molecule has 0 saturated heterocycles. The van der Waals surface area contributed by atoms with Gasteiger partial charge >= 0.3 is 5.97 Å². The fraction of sp³-hybridized carbons (Fsp3) is 0.250. The van der Waals surface area contributed by atoms with Gasteiger partial charge in [-0.05, 0) is 19.1 Å². The van der Waals surface area contributed by atoms with E-state index in [1.54, 1.807) is 12.1 Å². The van der Waals surface area contributed by atoms with E-state index in [4.69, 9.17) is 19.3 Å². The summed E-state index contributed by atoms with van der Waals surface area (Å²) in [6.07, 6.45) is 2.52. The lowest BCUT2D eigenvalue weighted by Crippen LogP contribution is -1.94. The molecule has 0 radical (unpaired) electrons. The van der Waals surface area contributed by atoms with E-state index in [0.29, 0.717) is 29.4 Å². The van der Waals surface area contributed by atoms with Crippen molar-refractivity contribution >= 4 is 12.0 Å². The second-order valence-electron chi connectivity index (χ2n) is 3.35. The van der Waals surface area contributed by atoms with Gasteiger partial charge in [0.25, 0.3) is 0 Å². The molecule has 1 aliphatic rings. The van der Waals surface area contributed by atoms with Crippen molar-refractivity contribution in [3.8, 4) is 17.2 Å². The third kappa shape index (κ3) is 2.50. The zero-order valence-electron chi connectivity index (χ0n) is 9.30. The van der Waals surface area contributed by atoms with Crippen molar-refractivity contribution in [2.24, 2.45) is 0 Å². The number of ether oxygens (including phenoxy) is 3. The van der Waals surface area contributed by atoms with Crippen LogP contribution in [0.25, 0.3) is 6.08 Å². The van der Waals surface area contributed by atoms with Crippen LogP contribution in [0.15, 0.2) is 18.2 Å². The number of carbonyl (C=O) groups is 1. The molecule has 0 aliphatic carbocycles. The SMILES string of the molecule is CCOc1cc2c(cc1C=CC(=O)O)OCO2. The fourth-order valence-electron chi connectivity index (χ4n) is 1.51. The van der Waals surface area contributed by atoms with Crippen LogP contribution in [-0.4, -0.2) is 24.5 Å². The lowest BCUT2D eigenvalue weighted by atomic mass is 10.1. The molecule has 0 atom stereocenters. The van der Waals surface area contributed by atoms with Crippen LogP contribution in [0, 0.1) is 0 Å². The van der Waals surface area contributed by atoms with E-state index in [9.17, 15) is 4.79 Å². The smallest absolute Gasteiger partial charge is 0.328 e. The summed E-state index contributed by atoms with van der Waals surface area (Å²) < 4.78 is 15.9. The molecule has 1 aliphatic heterocycles. The van der Waals surface area contributed by atoms with Crippen LogP contribution >= 0.6 is 0 Å². The molecule has 1 aromatic carbocycles. The van der Waals surface area contributed by atoms with Crippen LogP contribution in [0.1, 0.15) is 12.5 Å². The number of hydrogen-bond donors (Lipinski definition) is 1. The summed E-state index contributed by atoms with van der Waals surface area (Å²) in [7, 11) is 0. The summed E-state index contributed by atoms with van der Waals surface area (Å²) in [4.78, 5) is 10.5. The molecule has 0 saturated carbocycles. The van der Waals surface area contributed by atoms with Crippen LogP contribution in [0.3, 0.4) is 0 Å². The Labute approximate surface area is 98.2 Å². The van der Waals surface area contributed by atoms with Crippen LogP contribution < -0.4 is 14.2 Å². The Hall–Kier alpha value is -2.17. The first-order chi connectivity index (χ1) is 8.20. The molecule has 5 nitrogen and oxygen atoms in total. The fourth-order valence-corrected chi connectivity index (χ4v) is 1.51. The molecule has 17 heavy (non-hydrogen) atoms. The van der Waals surface area contributed by atoms with Crippen LogP contribution in [-0.2, 0) is 4.79 Å². The Morgan fingerprint density at radius 2 is 2.18 bits per heavy atom. The maximum atomic E-state index is 10.5. The summed E-state index contributed by atoms with van der Waals surface area (Å²) in [6.45, 7) is 2.52. The van der Waals surface area contributed by atoms with Crippen molar-refractivity contribution in [1.29, 1.82) is 0 Å². The van der Waals surface area contributed by atoms with Gasteiger partial charge in [0.15, 0.2) is 11.5 Å². The van der Waals surface area contributed by atoms with Gasteiger partial charge in [0.05, 0.1) is 6.61 Å². The molecule has 90 valence electrons. The van der Waals surface area contributed by atoms with E-state index in [2.05, 4.69) is 0 Å². The quantitative estimate of drug-likeness (QED) is 0.809. The highest BCUT2D eigenvalue weighted by molar-refractivity contribution is 5.86. The molecule has 2 rings (SSSR count). The molecule has 0 bridgehead atoms. The largest absolute Gasteiger partial charge is 0.493 e. The van der Waals surface area contributed by atoms with E-state index in [1.165, 1.54) is 6.08 Å². The lowest BCUT2D eigenvalue weighted by Gasteiger charge is -2.08. The first kappa shape index (κ1) is 11.3. The Kier molecular flexibility index (Phi) is 3.18. The van der Waals surface area contributed by atoms with Gasteiger partial charge in [-0.15, -0.1) is 0 Å². The Balaban J connectivity index is 2.37. The van der Waals surface area contributed by atoms with Crippen molar-refractivity contribution in [1.82, 2.24) is 0 Å². The number of carboxylic acids is 1. The van der Waals surface area contributed by atoms with Crippen LogP contribution in [0.5, 0.6) is 17.2 Å². The molecule has 0 amide bonds. The highest BCUT2D eigenvalue weighted by atomic mass is 16.7. The monoisotopic (exact) mass is 236 g/mol. The predicted molar refractivity (Wildman–Crippen MR) is 60.4 cm³/mol. The van der Waals surface area contributed by atoms with Crippen molar-refractivity contribution in [2.75, 3.05) is 13.4 Å². The van der Waals surface area contributed by atoms with Crippen molar-refractivity contribution < 1.29 is 24.1 Å². The summed E-state index contributed by atoms with van der Waals surface area (Å²) >= 11 is 0. The van der Waals surface area contributed by atoms with Crippen LogP contribution in [0.4, 0.5) is 0 Å². The highest BCUT2D eigenvalue weighted by Gasteiger charge is 2.16. The van der Waals surface area contributed by atoms with E-state index in [-0.39, 0.29) is 6.79 Å². The van der Waals surface area contributed by atoms with Gasteiger partial charge in [-0.1, -0.05) is 0 Å². The molecule has 5 heteroatoms. The van der Waals surface area contributed by atoms with Crippen molar-refractivity contribution in [3.63, 3.8) is 0 Å². The van der Waals surface area contributed by atoms with Gasteiger partial charge < -0.3 is 19.3 Å². The number of benzene rings is 1. The molecule has 0 aromatic heterocycles. The predicted octanol–water partition coefficient (Wildman–Crippen LogP) is 1.91. The molecule has 1 N–H and O–H groups in total. The topological polar surface area (TPSA) is 65.0 Å². The zero-order valence-corrected chi connectivity index (χ0v) is 9.30. The van der Waals surface area contributed by atoms with E-state index < -0.39 is 5.97 Å². The minimum atomic E-state index is -1.01. The second kappa shape index (κ2) is 4.78. The van der Waals surface area contributed by atoms with Gasteiger partial charge in [-0.3, -0.25) is 0 Å². The van der Waals surface area contributed by atoms with E-state index >= 15 is 0 Å². The van der Waals surface area contributed by atoms with Gasteiger partial charge in [0.2, 0.25) is 6.79 Å². The number of aliphatic carboxylic acids is 1. The third-order valence-corrected chi connectivity index (χ3v) is 2.21. The average Bonchev–Trinajstić information content (AvgIpc) is 2.73. The van der Waals surface area contributed by atoms with Gasteiger partial charge in [-0.2, -0.15) is 0 Å². The van der Waals surface area contributed by atoms with Crippen molar-refractivity contribution in [3.05, 3.63) is 23.8 Å². The first-order valence-corrected chi connectivity index (χ1v) is 5.18. The normalized spacial score (nSPS) is 13.0. The molecule has 1 aromatic rings. The highest BCUT2D eigenvalue weighted by Crippen LogP contribution is 2.38. The first-order valence-electron chi connectivity index (χ1n) is 5.18. The summed E-state index contributed by atoms with van der Waals surface area (Å²) in [5.41, 5.74) is 0.651. The second-order valence-corrected chi connectivity index (χ2v) is 3.35. The minimum absolute atomic E-state index is 0.174. The molecule has 1 heterocycles. The number of fused-ring (bicyclic) bond motifs is 1. The maximum absolute atomic E-state index is 10.5. The maximum Gasteiger partial charge on any atom is 0.328 e. The molecule has 0 spiro atoms. The molecule has 0 unspecified atom stereocenters. The Morgan fingerprint density at radius 3 is 2.82 bits per heavy atom. The number of carboxylic acid groups (broad SMARTS) is 1. The molecule has 0 fully saturated rings. The van der Waals surface area contributed by atoms with Gasteiger partial charge in [-0.25, -0.2) is 4.79 Å². The molecular formula is C12H12O5. The number of hydrogen-bond acceptors (Lipinski definition) is 4. The molecular weight excluding hydrogens is 224 g/mol. The van der Waals surface area contributed by atoms with Gasteiger partial charge in [0, 0.05) is 17.7 Å². The standard InChI is InChI=1S/C12H12O5/c1-2-15-9-6-11-10(16-7-17-11)5-8(9)3-4-12(13)14/h3-6H,2,7H2,1H3,(H,13,14). The zero-order chi connectivity index (χ0) is 12.3. The van der Waals surface area contributed by atoms with E-state index in [1.807, 2.05) is 6.92 Å². The summed E-state index contributed by atoms with van der Waals surface area (Å²) in [5, 5.41) is 8.61. The van der Waals surface area contributed by atoms with Crippen molar-refractivity contribution in [2.45, 2.75) is 6.92 Å². The average molecular weight is 236 g/mol. The minimum Gasteiger partial charge on any atom is -0.493 e. The summed E-state index contributed by atoms with van der Waals surface area (Å²) in [5.74, 6) is 0.777. The lowest BCUT2D eigenvalue weighted by molar-refractivity contribution is -0.131. The third-order valence-electron chi connectivity index (χ3n) is 2.21. The summed E-state index contributed by atoms with van der Waals surface area (Å²) in [6, 6.07) is 3.40. The Bertz CT molecular complexity index is 464. The Morgan fingerprint density at radius 1 is 1.47 bits per heavy atom. The van der Waals surface area contributed by atoms with E-state index in [0.717, 1.165) is 6.08 Å². The number of rotatable bonds is 4. The van der Waals surface area contributed by atoms with Crippen LogP contribution in [0.2, 0.25) is 0 Å². The van der Waals surface area contributed by atoms with Gasteiger partial charge in [0.1, 0.15) is 5.75 Å².